The molecule has 0 saturated carbocycles. The van der Waals surface area contributed by atoms with Gasteiger partial charge in [0.15, 0.2) is 0 Å². The number of carboxylic acids is 1. The monoisotopic (exact) mass is 226 g/mol. The number of carbonyl (C=O) groups excluding carboxylic acids is 1. The normalized spacial score (nSPS) is 26.1. The average Bonchev–Trinajstić information content (AvgIpc) is 2.21. The molecule has 90 valence electrons. The zero-order chi connectivity index (χ0) is 12.1. The maximum absolute atomic E-state index is 11.2. The second kappa shape index (κ2) is 5.65. The molecular formula is C11H18N2O3. The average molecular weight is 226 g/mol. The summed E-state index contributed by atoms with van der Waals surface area (Å²) in [4.78, 5) is 23.7. The molecule has 1 aliphatic heterocycles. The van der Waals surface area contributed by atoms with E-state index in [2.05, 4.69) is 18.8 Å². The fraction of sp³-hybridized carbons (Fsp3) is 0.636. The summed E-state index contributed by atoms with van der Waals surface area (Å²) >= 11 is 0. The lowest BCUT2D eigenvalue weighted by molar-refractivity contribution is -0.140. The number of carboxylic acid groups (broad SMARTS) is 1. The van der Waals surface area contributed by atoms with Gasteiger partial charge in [0, 0.05) is 6.54 Å². The fourth-order valence-corrected chi connectivity index (χ4v) is 1.93. The molecule has 0 bridgehead atoms. The van der Waals surface area contributed by atoms with E-state index in [1.807, 2.05) is 0 Å². The molecule has 5 nitrogen and oxygen atoms in total. The highest BCUT2D eigenvalue weighted by molar-refractivity contribution is 5.87. The van der Waals surface area contributed by atoms with E-state index in [4.69, 9.17) is 5.11 Å². The Labute approximate surface area is 95.1 Å². The van der Waals surface area contributed by atoms with Crippen LogP contribution in [0.3, 0.4) is 0 Å². The smallest absolute Gasteiger partial charge is 0.317 e. The largest absolute Gasteiger partial charge is 0.480 e. The molecule has 1 heterocycles. The second-order valence-electron chi connectivity index (χ2n) is 4.22. The highest BCUT2D eigenvalue weighted by Gasteiger charge is 2.28. The third-order valence-corrected chi connectivity index (χ3v) is 2.81. The van der Waals surface area contributed by atoms with Crippen molar-refractivity contribution in [1.29, 1.82) is 0 Å². The van der Waals surface area contributed by atoms with Gasteiger partial charge in [-0.1, -0.05) is 13.5 Å². The number of aliphatic carboxylic acids is 1. The molecular weight excluding hydrogens is 208 g/mol. The van der Waals surface area contributed by atoms with Gasteiger partial charge in [-0.05, 0) is 24.8 Å². The van der Waals surface area contributed by atoms with Gasteiger partial charge in [-0.3, -0.25) is 14.5 Å². The summed E-state index contributed by atoms with van der Waals surface area (Å²) in [6, 6.07) is 0. The molecule has 2 N–H and O–H groups in total. The van der Waals surface area contributed by atoms with Crippen molar-refractivity contribution in [3.05, 3.63) is 12.7 Å². The van der Waals surface area contributed by atoms with Crippen LogP contribution in [0.25, 0.3) is 0 Å². The van der Waals surface area contributed by atoms with E-state index in [0.29, 0.717) is 12.5 Å². The molecule has 1 rings (SSSR count). The van der Waals surface area contributed by atoms with Crippen LogP contribution in [0, 0.1) is 5.92 Å². The third-order valence-electron chi connectivity index (χ3n) is 2.81. The van der Waals surface area contributed by atoms with Gasteiger partial charge in [-0.15, -0.1) is 0 Å². The SMILES string of the molecule is C=CC(=O)NC1CC(C)CCN1CC(=O)O. The van der Waals surface area contributed by atoms with Crippen LogP contribution < -0.4 is 5.32 Å². The van der Waals surface area contributed by atoms with Crippen molar-refractivity contribution in [3.8, 4) is 0 Å². The van der Waals surface area contributed by atoms with Crippen molar-refractivity contribution in [2.45, 2.75) is 25.9 Å². The molecule has 5 heteroatoms. The predicted octanol–water partition coefficient (Wildman–Crippen LogP) is 0.431. The fourth-order valence-electron chi connectivity index (χ4n) is 1.93. The topological polar surface area (TPSA) is 69.6 Å². The quantitative estimate of drug-likeness (QED) is 0.682. The van der Waals surface area contributed by atoms with Gasteiger partial charge in [-0.25, -0.2) is 0 Å². The second-order valence-corrected chi connectivity index (χ2v) is 4.22. The molecule has 2 atom stereocenters. The summed E-state index contributed by atoms with van der Waals surface area (Å²) in [5.41, 5.74) is 0. The Kier molecular flexibility index (Phi) is 4.49. The van der Waals surface area contributed by atoms with Gasteiger partial charge in [-0.2, -0.15) is 0 Å². The van der Waals surface area contributed by atoms with E-state index in [1.165, 1.54) is 6.08 Å². The minimum Gasteiger partial charge on any atom is -0.480 e. The molecule has 1 amide bonds. The van der Waals surface area contributed by atoms with Crippen LogP contribution in [-0.2, 0) is 9.59 Å². The van der Waals surface area contributed by atoms with Crippen LogP contribution in [0.1, 0.15) is 19.8 Å². The predicted molar refractivity (Wildman–Crippen MR) is 59.7 cm³/mol. The number of carbonyl (C=O) groups is 2. The molecule has 0 radical (unpaired) electrons. The van der Waals surface area contributed by atoms with Crippen molar-refractivity contribution in [1.82, 2.24) is 10.2 Å². The van der Waals surface area contributed by atoms with Crippen LogP contribution in [-0.4, -0.2) is 41.1 Å². The van der Waals surface area contributed by atoms with Gasteiger partial charge in [0.25, 0.3) is 0 Å². The van der Waals surface area contributed by atoms with Crippen LogP contribution >= 0.6 is 0 Å². The number of rotatable bonds is 4. The highest BCUT2D eigenvalue weighted by Crippen LogP contribution is 2.20. The summed E-state index contributed by atoms with van der Waals surface area (Å²) in [6.45, 7) is 6.16. The molecule has 0 aromatic heterocycles. The van der Waals surface area contributed by atoms with Crippen LogP contribution in [0.4, 0.5) is 0 Å². The van der Waals surface area contributed by atoms with Crippen LogP contribution in [0.15, 0.2) is 12.7 Å². The maximum Gasteiger partial charge on any atom is 0.317 e. The third kappa shape index (κ3) is 3.66. The first-order valence-electron chi connectivity index (χ1n) is 5.41. The first kappa shape index (κ1) is 12.7. The van der Waals surface area contributed by atoms with Gasteiger partial charge in [0.1, 0.15) is 0 Å². The van der Waals surface area contributed by atoms with Gasteiger partial charge in [0.2, 0.25) is 5.91 Å². The van der Waals surface area contributed by atoms with E-state index < -0.39 is 5.97 Å². The van der Waals surface area contributed by atoms with Crippen molar-refractivity contribution in [2.75, 3.05) is 13.1 Å². The molecule has 0 aromatic rings. The van der Waals surface area contributed by atoms with Gasteiger partial charge in [0.05, 0.1) is 12.7 Å². The number of nitrogens with one attached hydrogen (secondary N) is 1. The number of hydrogen-bond acceptors (Lipinski definition) is 3. The zero-order valence-electron chi connectivity index (χ0n) is 9.48. The summed E-state index contributed by atoms with van der Waals surface area (Å²) in [5.74, 6) is -0.623. The number of amides is 1. The molecule has 1 saturated heterocycles. The minimum absolute atomic E-state index is 0.0329. The minimum atomic E-state index is -0.868. The van der Waals surface area contributed by atoms with Crippen LogP contribution in [0.5, 0.6) is 0 Å². The first-order chi connectivity index (χ1) is 7.52. The Morgan fingerprint density at radius 1 is 1.62 bits per heavy atom. The van der Waals surface area contributed by atoms with E-state index >= 15 is 0 Å². The number of likely N-dealkylation sites (tertiary alicyclic amines) is 1. The Morgan fingerprint density at radius 2 is 2.31 bits per heavy atom. The Balaban J connectivity index is 2.60. The lowest BCUT2D eigenvalue weighted by atomic mass is 9.96. The van der Waals surface area contributed by atoms with E-state index in [1.54, 1.807) is 4.90 Å². The van der Waals surface area contributed by atoms with Gasteiger partial charge >= 0.3 is 5.97 Å². The van der Waals surface area contributed by atoms with E-state index in [0.717, 1.165) is 12.8 Å². The van der Waals surface area contributed by atoms with E-state index in [9.17, 15) is 9.59 Å². The van der Waals surface area contributed by atoms with Crippen LogP contribution in [0.2, 0.25) is 0 Å². The first-order valence-corrected chi connectivity index (χ1v) is 5.41. The number of nitrogens with zero attached hydrogens (tertiary/aromatic N) is 1. The summed E-state index contributed by atoms with van der Waals surface area (Å²) < 4.78 is 0. The van der Waals surface area contributed by atoms with Gasteiger partial charge < -0.3 is 10.4 Å². The molecule has 0 spiro atoms. The highest BCUT2D eigenvalue weighted by atomic mass is 16.4. The standard InChI is InChI=1S/C11H18N2O3/c1-3-10(14)12-9-6-8(2)4-5-13(9)7-11(15)16/h3,8-9H,1,4-7H2,2H3,(H,12,14)(H,15,16). The molecule has 0 aromatic carbocycles. The molecule has 2 unspecified atom stereocenters. The number of piperidine rings is 1. The lowest BCUT2D eigenvalue weighted by Crippen LogP contribution is -2.53. The zero-order valence-corrected chi connectivity index (χ0v) is 9.48. The van der Waals surface area contributed by atoms with Crippen molar-refractivity contribution in [3.63, 3.8) is 0 Å². The Bertz CT molecular complexity index is 291. The molecule has 16 heavy (non-hydrogen) atoms. The Morgan fingerprint density at radius 3 is 2.88 bits per heavy atom. The summed E-state index contributed by atoms with van der Waals surface area (Å²) in [5, 5.41) is 11.5. The van der Waals surface area contributed by atoms with E-state index in [-0.39, 0.29) is 18.6 Å². The summed E-state index contributed by atoms with van der Waals surface area (Å²) in [7, 11) is 0. The Hall–Kier alpha value is -1.36. The lowest BCUT2D eigenvalue weighted by Gasteiger charge is -2.37. The molecule has 1 fully saturated rings. The van der Waals surface area contributed by atoms with Crippen molar-refractivity contribution in [2.24, 2.45) is 5.92 Å². The molecule has 1 aliphatic rings. The summed E-state index contributed by atoms with van der Waals surface area (Å²) in [6.07, 6.45) is 2.77. The maximum atomic E-state index is 11.2. The molecule has 0 aliphatic carbocycles. The van der Waals surface area contributed by atoms with Crippen molar-refractivity contribution >= 4 is 11.9 Å². The van der Waals surface area contributed by atoms with Crippen molar-refractivity contribution < 1.29 is 14.7 Å². The number of hydrogen-bond donors (Lipinski definition) is 2.